The van der Waals surface area contributed by atoms with Gasteiger partial charge in [-0.25, -0.2) is 9.18 Å². The monoisotopic (exact) mass is 568 g/mol. The van der Waals surface area contributed by atoms with Crippen LogP contribution >= 0.6 is 0 Å². The van der Waals surface area contributed by atoms with Crippen LogP contribution in [0.3, 0.4) is 0 Å². The largest absolute Gasteiger partial charge is 0.493 e. The molecular weight excluding hydrogens is 539 g/mol. The third kappa shape index (κ3) is 6.10. The second-order valence-electron chi connectivity index (χ2n) is 9.66. The number of benzene rings is 4. The van der Waals surface area contributed by atoms with Gasteiger partial charge in [-0.3, -0.25) is 19.8 Å². The van der Waals surface area contributed by atoms with Gasteiger partial charge in [0.2, 0.25) is 0 Å². The maximum Gasteiger partial charge on any atom is 0.331 e. The summed E-state index contributed by atoms with van der Waals surface area (Å²) in [5.41, 5.74) is 1.48. The molecule has 1 saturated heterocycles. The second-order valence-corrected chi connectivity index (χ2v) is 9.66. The summed E-state index contributed by atoms with van der Waals surface area (Å²) < 4.78 is 30.9. The molecule has 1 N–H and O–H groups in total. The van der Waals surface area contributed by atoms with Gasteiger partial charge in [-0.1, -0.05) is 55.5 Å². The first kappa shape index (κ1) is 28.4. The molecular formula is C33H29FN2O6. The highest BCUT2D eigenvalue weighted by Crippen LogP contribution is 2.33. The highest BCUT2D eigenvalue weighted by Gasteiger charge is 2.36. The number of amides is 4. The topological polar surface area (TPSA) is 94.2 Å². The summed E-state index contributed by atoms with van der Waals surface area (Å²) in [6, 6.07) is 21.4. The Hall–Kier alpha value is -5.18. The molecule has 4 aromatic carbocycles. The minimum absolute atomic E-state index is 0.0663. The Morgan fingerprint density at radius 1 is 0.857 bits per heavy atom. The van der Waals surface area contributed by atoms with Crippen molar-refractivity contribution in [3.8, 4) is 17.2 Å². The number of fused-ring (bicyclic) bond motifs is 1. The fourth-order valence-electron chi connectivity index (χ4n) is 4.64. The molecule has 8 nitrogen and oxygen atoms in total. The number of urea groups is 1. The summed E-state index contributed by atoms with van der Waals surface area (Å²) in [4.78, 5) is 40.3. The predicted molar refractivity (Wildman–Crippen MR) is 156 cm³/mol. The smallest absolute Gasteiger partial charge is 0.331 e. The molecule has 0 spiro atoms. The summed E-state index contributed by atoms with van der Waals surface area (Å²) in [7, 11) is 1.51. The number of rotatable bonds is 10. The van der Waals surface area contributed by atoms with Crippen molar-refractivity contribution in [1.29, 1.82) is 0 Å². The lowest BCUT2D eigenvalue weighted by atomic mass is 9.99. The SMILES string of the molecule is CCCOc1ccc(CN2C(=O)NC(=O)/C(=C\c3c(OCc4cccc(F)c4)ccc4ccccc34)C2=O)cc1OC. The molecule has 4 amide bonds. The van der Waals surface area contributed by atoms with Crippen molar-refractivity contribution in [2.24, 2.45) is 0 Å². The van der Waals surface area contributed by atoms with Crippen LogP contribution in [0.1, 0.15) is 30.0 Å². The zero-order valence-electron chi connectivity index (χ0n) is 23.2. The zero-order valence-corrected chi connectivity index (χ0v) is 23.2. The maximum atomic E-state index is 13.7. The van der Waals surface area contributed by atoms with E-state index in [1.807, 2.05) is 37.3 Å². The van der Waals surface area contributed by atoms with E-state index in [4.69, 9.17) is 14.2 Å². The van der Waals surface area contributed by atoms with Gasteiger partial charge < -0.3 is 14.2 Å². The highest BCUT2D eigenvalue weighted by atomic mass is 19.1. The zero-order chi connectivity index (χ0) is 29.6. The summed E-state index contributed by atoms with van der Waals surface area (Å²) in [6.07, 6.45) is 2.26. The molecule has 1 fully saturated rings. The van der Waals surface area contributed by atoms with E-state index < -0.39 is 17.8 Å². The number of hydrogen-bond donors (Lipinski definition) is 1. The average molecular weight is 569 g/mol. The van der Waals surface area contributed by atoms with Crippen LogP contribution in [-0.2, 0) is 22.7 Å². The van der Waals surface area contributed by atoms with E-state index in [1.54, 1.807) is 36.4 Å². The summed E-state index contributed by atoms with van der Waals surface area (Å²) in [5.74, 6) is -0.540. The normalized spacial score (nSPS) is 14.3. The van der Waals surface area contributed by atoms with Crippen molar-refractivity contribution >= 4 is 34.7 Å². The molecule has 1 aliphatic rings. The van der Waals surface area contributed by atoms with Crippen molar-refractivity contribution in [2.75, 3.05) is 13.7 Å². The maximum absolute atomic E-state index is 13.7. The Kier molecular flexibility index (Phi) is 8.47. The molecule has 0 unspecified atom stereocenters. The van der Waals surface area contributed by atoms with Crippen LogP contribution < -0.4 is 19.5 Å². The molecule has 5 rings (SSSR count). The average Bonchev–Trinajstić information content (AvgIpc) is 2.99. The molecule has 42 heavy (non-hydrogen) atoms. The van der Waals surface area contributed by atoms with E-state index in [0.29, 0.717) is 40.5 Å². The summed E-state index contributed by atoms with van der Waals surface area (Å²) >= 11 is 0. The molecule has 0 aromatic heterocycles. The molecule has 1 heterocycles. The van der Waals surface area contributed by atoms with Gasteiger partial charge in [0.1, 0.15) is 23.7 Å². The highest BCUT2D eigenvalue weighted by molar-refractivity contribution is 6.31. The number of nitrogens with zero attached hydrogens (tertiary/aromatic N) is 1. The van der Waals surface area contributed by atoms with E-state index in [9.17, 15) is 18.8 Å². The number of nitrogens with one attached hydrogen (secondary N) is 1. The fourth-order valence-corrected chi connectivity index (χ4v) is 4.64. The van der Waals surface area contributed by atoms with Crippen LogP contribution in [0.25, 0.3) is 16.8 Å². The number of imide groups is 2. The van der Waals surface area contributed by atoms with Gasteiger partial charge in [-0.15, -0.1) is 0 Å². The van der Waals surface area contributed by atoms with Crippen LogP contribution in [0.5, 0.6) is 17.2 Å². The Labute approximate surface area is 242 Å². The Morgan fingerprint density at radius 3 is 2.45 bits per heavy atom. The molecule has 0 bridgehead atoms. The standard InChI is InChI=1S/C33H29FN2O6/c1-3-15-41-29-13-11-21(17-30(29)40-2)19-36-32(38)27(31(37)35-33(36)39)18-26-25-10-5-4-8-23(25)12-14-28(26)42-20-22-7-6-9-24(34)16-22/h4-14,16-18H,3,15,19-20H2,1-2H3,(H,35,37,39)/b27-18+. The number of hydrogen-bond acceptors (Lipinski definition) is 6. The van der Waals surface area contributed by atoms with Crippen LogP contribution in [-0.4, -0.2) is 36.5 Å². The quantitative estimate of drug-likeness (QED) is 0.186. The van der Waals surface area contributed by atoms with Gasteiger partial charge in [0, 0.05) is 5.56 Å². The van der Waals surface area contributed by atoms with Crippen molar-refractivity contribution in [2.45, 2.75) is 26.5 Å². The number of halogens is 1. The molecule has 0 aliphatic carbocycles. The van der Waals surface area contributed by atoms with Crippen LogP contribution in [0.2, 0.25) is 0 Å². The van der Waals surface area contributed by atoms with Crippen LogP contribution in [0.4, 0.5) is 9.18 Å². The van der Waals surface area contributed by atoms with Crippen molar-refractivity contribution in [1.82, 2.24) is 10.2 Å². The lowest BCUT2D eigenvalue weighted by molar-refractivity contribution is -0.130. The summed E-state index contributed by atoms with van der Waals surface area (Å²) in [6.45, 7) is 2.47. The number of carbonyl (C=O) groups excluding carboxylic acids is 3. The third-order valence-corrected chi connectivity index (χ3v) is 6.72. The Balaban J connectivity index is 1.48. The van der Waals surface area contributed by atoms with E-state index in [0.717, 1.165) is 22.1 Å². The summed E-state index contributed by atoms with van der Waals surface area (Å²) in [5, 5.41) is 3.86. The van der Waals surface area contributed by atoms with Crippen molar-refractivity contribution in [3.63, 3.8) is 0 Å². The minimum atomic E-state index is -0.826. The first-order chi connectivity index (χ1) is 20.4. The van der Waals surface area contributed by atoms with E-state index in [2.05, 4.69) is 5.32 Å². The van der Waals surface area contributed by atoms with Gasteiger partial charge in [0.05, 0.1) is 20.3 Å². The Bertz CT molecular complexity index is 1700. The van der Waals surface area contributed by atoms with E-state index in [1.165, 1.54) is 25.3 Å². The predicted octanol–water partition coefficient (Wildman–Crippen LogP) is 6.02. The Morgan fingerprint density at radius 2 is 1.67 bits per heavy atom. The van der Waals surface area contributed by atoms with Gasteiger partial charge in [-0.05, 0) is 64.7 Å². The fraction of sp³-hybridized carbons (Fsp3) is 0.182. The van der Waals surface area contributed by atoms with Gasteiger partial charge in [-0.2, -0.15) is 0 Å². The first-order valence-electron chi connectivity index (χ1n) is 13.5. The number of methoxy groups -OCH3 is 1. The molecule has 4 aromatic rings. The van der Waals surface area contributed by atoms with Crippen molar-refractivity contribution in [3.05, 3.63) is 107 Å². The third-order valence-electron chi connectivity index (χ3n) is 6.72. The van der Waals surface area contributed by atoms with Gasteiger partial charge >= 0.3 is 6.03 Å². The number of ether oxygens (including phenoxy) is 3. The van der Waals surface area contributed by atoms with Gasteiger partial charge in [0.25, 0.3) is 11.8 Å². The van der Waals surface area contributed by atoms with E-state index in [-0.39, 0.29) is 24.5 Å². The molecule has 0 atom stereocenters. The molecule has 214 valence electrons. The molecule has 0 radical (unpaired) electrons. The first-order valence-corrected chi connectivity index (χ1v) is 13.5. The molecule has 9 heteroatoms. The number of barbiturate groups is 1. The number of carbonyl (C=O) groups is 3. The lowest BCUT2D eigenvalue weighted by Crippen LogP contribution is -2.53. The van der Waals surface area contributed by atoms with Crippen LogP contribution in [0, 0.1) is 5.82 Å². The molecule has 0 saturated carbocycles. The van der Waals surface area contributed by atoms with Gasteiger partial charge in [0.15, 0.2) is 11.5 Å². The van der Waals surface area contributed by atoms with Crippen LogP contribution in [0.15, 0.2) is 84.4 Å². The van der Waals surface area contributed by atoms with Crippen molar-refractivity contribution < 1.29 is 33.0 Å². The molecule has 1 aliphatic heterocycles. The minimum Gasteiger partial charge on any atom is -0.493 e. The lowest BCUT2D eigenvalue weighted by Gasteiger charge is -2.27. The van der Waals surface area contributed by atoms with E-state index >= 15 is 0 Å². The second kappa shape index (κ2) is 12.6.